The van der Waals surface area contributed by atoms with Crippen LogP contribution in [0.2, 0.25) is 0 Å². The zero-order chi connectivity index (χ0) is 19.6. The third kappa shape index (κ3) is 4.29. The predicted octanol–water partition coefficient (Wildman–Crippen LogP) is 1.91. The molecule has 26 heavy (non-hydrogen) atoms. The van der Waals surface area contributed by atoms with Crippen LogP contribution in [0.1, 0.15) is 0 Å². The molecule has 13 heteroatoms. The van der Waals surface area contributed by atoms with Gasteiger partial charge in [0.15, 0.2) is 0 Å². The normalized spacial score (nSPS) is 14.5. The second-order valence-electron chi connectivity index (χ2n) is 4.81. The fourth-order valence-corrected chi connectivity index (χ4v) is 2.60. The minimum absolute atomic E-state index is 0.201. The van der Waals surface area contributed by atoms with Crippen molar-refractivity contribution in [1.82, 2.24) is 4.90 Å². The van der Waals surface area contributed by atoms with E-state index in [-0.39, 0.29) is 22.4 Å². The molecule has 0 saturated heterocycles. The van der Waals surface area contributed by atoms with Gasteiger partial charge in [0, 0.05) is 6.08 Å². The number of nitro benzene ring substituents is 1. The van der Waals surface area contributed by atoms with E-state index >= 15 is 0 Å². The van der Waals surface area contributed by atoms with Gasteiger partial charge in [0.25, 0.3) is 17.5 Å². The summed E-state index contributed by atoms with van der Waals surface area (Å²) in [4.78, 5) is 34.6. The summed E-state index contributed by atoms with van der Waals surface area (Å²) in [6.45, 7) is -0.757. The van der Waals surface area contributed by atoms with Crippen LogP contribution in [0.3, 0.4) is 0 Å². The molecule has 0 spiro atoms. The molecule has 0 bridgehead atoms. The zero-order valence-electron chi connectivity index (χ0n) is 12.5. The molecule has 0 atom stereocenters. The summed E-state index contributed by atoms with van der Waals surface area (Å²) >= 11 is 2.87. The summed E-state index contributed by atoms with van der Waals surface area (Å²) in [6, 6.07) is 1.34. The molecule has 2 rings (SSSR count). The Hall–Kier alpha value is -2.67. The number of carbonyl (C=O) groups excluding carboxylic acids is 2. The van der Waals surface area contributed by atoms with Gasteiger partial charge in [-0.05, 0) is 22.0 Å². The molecule has 9 nitrogen and oxygen atoms in total. The highest BCUT2D eigenvalue weighted by atomic mass is 79.9. The minimum Gasteiger partial charge on any atom is -0.405 e. The Morgan fingerprint density at radius 2 is 2.00 bits per heavy atom. The molecule has 0 unspecified atom stereocenters. The predicted molar refractivity (Wildman–Crippen MR) is 83.0 cm³/mol. The van der Waals surface area contributed by atoms with Gasteiger partial charge in [0.2, 0.25) is 0 Å². The van der Waals surface area contributed by atoms with E-state index in [1.54, 1.807) is 0 Å². The number of amides is 2. The topological polar surface area (TPSA) is 122 Å². The number of carbonyl (C=O) groups is 2. The average Bonchev–Trinajstić information content (AvgIpc) is 2.76. The Balaban J connectivity index is 2.38. The van der Waals surface area contributed by atoms with Crippen LogP contribution >= 0.6 is 15.9 Å². The summed E-state index contributed by atoms with van der Waals surface area (Å²) in [5.74, 6) is -2.44. The third-order valence-electron chi connectivity index (χ3n) is 3.07. The van der Waals surface area contributed by atoms with Crippen LogP contribution in [0.5, 0.6) is 5.75 Å². The van der Waals surface area contributed by atoms with Gasteiger partial charge in [-0.15, -0.1) is 13.2 Å². The van der Waals surface area contributed by atoms with Crippen molar-refractivity contribution in [3.8, 4) is 5.75 Å². The molecule has 1 aliphatic heterocycles. The first kappa shape index (κ1) is 19.7. The van der Waals surface area contributed by atoms with Crippen LogP contribution in [0, 0.1) is 10.1 Å². The molecule has 140 valence electrons. The highest BCUT2D eigenvalue weighted by Gasteiger charge is 2.35. The summed E-state index contributed by atoms with van der Waals surface area (Å²) in [7, 11) is 0. The number of ether oxygens (including phenoxy) is 1. The molecule has 0 aromatic heterocycles. The van der Waals surface area contributed by atoms with Gasteiger partial charge in [-0.1, -0.05) is 0 Å². The van der Waals surface area contributed by atoms with Crippen molar-refractivity contribution in [2.45, 2.75) is 6.36 Å². The summed E-state index contributed by atoms with van der Waals surface area (Å²) in [5.41, 5.74) is -1.50. The maximum atomic E-state index is 12.3. The monoisotopic (exact) mass is 439 g/mol. The molecular formula is C13H9BrF3N3O6. The number of halogens is 4. The maximum absolute atomic E-state index is 12.3. The van der Waals surface area contributed by atoms with E-state index in [9.17, 15) is 32.9 Å². The van der Waals surface area contributed by atoms with Crippen molar-refractivity contribution in [3.05, 3.63) is 38.5 Å². The first-order chi connectivity index (χ1) is 12.0. The Morgan fingerprint density at radius 3 is 2.54 bits per heavy atom. The van der Waals surface area contributed by atoms with Gasteiger partial charge in [-0.2, -0.15) is 0 Å². The highest BCUT2D eigenvalue weighted by Crippen LogP contribution is 2.39. The number of imide groups is 1. The van der Waals surface area contributed by atoms with Gasteiger partial charge in [0.1, 0.15) is 17.1 Å². The maximum Gasteiger partial charge on any atom is 0.573 e. The standard InChI is InChI=1S/C13H9BrF3N3O6/c14-7-3-6(26-13(15,16)17)4-9(20(24)25)11(7)18-8-5-10(22)19(1-2-21)12(8)23/h3-5,18,21H,1-2H2. The quantitative estimate of drug-likeness (QED) is 0.394. The lowest BCUT2D eigenvalue weighted by Gasteiger charge is -2.15. The number of hydrogen-bond acceptors (Lipinski definition) is 7. The Labute approximate surface area is 151 Å². The van der Waals surface area contributed by atoms with Crippen molar-refractivity contribution in [2.75, 3.05) is 18.5 Å². The van der Waals surface area contributed by atoms with Crippen molar-refractivity contribution in [1.29, 1.82) is 0 Å². The lowest BCUT2D eigenvalue weighted by molar-refractivity contribution is -0.384. The Kier molecular flexibility index (Phi) is 5.51. The van der Waals surface area contributed by atoms with Gasteiger partial charge in [-0.25, -0.2) is 0 Å². The number of hydrogen-bond donors (Lipinski definition) is 2. The summed E-state index contributed by atoms with van der Waals surface area (Å²) < 4.78 is 40.4. The number of benzene rings is 1. The van der Waals surface area contributed by atoms with Crippen LogP contribution in [-0.2, 0) is 9.59 Å². The first-order valence-electron chi connectivity index (χ1n) is 6.72. The Bertz CT molecular complexity index is 811. The van der Waals surface area contributed by atoms with Crippen molar-refractivity contribution >= 4 is 39.1 Å². The van der Waals surface area contributed by atoms with E-state index in [1.807, 2.05) is 0 Å². The van der Waals surface area contributed by atoms with Crippen LogP contribution in [-0.4, -0.2) is 46.3 Å². The lowest BCUT2D eigenvalue weighted by Crippen LogP contribution is -2.34. The van der Waals surface area contributed by atoms with Crippen LogP contribution in [0.25, 0.3) is 0 Å². The van der Waals surface area contributed by atoms with Gasteiger partial charge < -0.3 is 15.2 Å². The number of nitro groups is 1. The average molecular weight is 440 g/mol. The fraction of sp³-hybridized carbons (Fsp3) is 0.231. The molecule has 1 aliphatic rings. The number of alkyl halides is 3. The molecule has 0 saturated carbocycles. The fourth-order valence-electron chi connectivity index (χ4n) is 2.07. The smallest absolute Gasteiger partial charge is 0.405 e. The number of nitrogens with one attached hydrogen (secondary N) is 1. The largest absolute Gasteiger partial charge is 0.573 e. The van der Waals surface area contributed by atoms with Gasteiger partial charge in [-0.3, -0.25) is 24.6 Å². The van der Waals surface area contributed by atoms with Gasteiger partial charge >= 0.3 is 6.36 Å². The van der Waals surface area contributed by atoms with E-state index in [4.69, 9.17) is 5.11 Å². The van der Waals surface area contributed by atoms with Crippen molar-refractivity contribution in [2.24, 2.45) is 0 Å². The van der Waals surface area contributed by atoms with Crippen molar-refractivity contribution < 1.29 is 37.5 Å². The number of aliphatic hydroxyl groups is 1. The van der Waals surface area contributed by atoms with E-state index in [2.05, 4.69) is 26.0 Å². The SMILES string of the molecule is O=C1C=C(Nc2c(Br)cc(OC(F)(F)F)cc2[N+](=O)[O-])C(=O)N1CCO. The van der Waals surface area contributed by atoms with Crippen LogP contribution in [0.15, 0.2) is 28.4 Å². The number of rotatable bonds is 6. The number of nitrogens with zero attached hydrogens (tertiary/aromatic N) is 2. The molecule has 0 radical (unpaired) electrons. The molecule has 1 heterocycles. The third-order valence-corrected chi connectivity index (χ3v) is 3.69. The minimum atomic E-state index is -5.05. The molecular weight excluding hydrogens is 431 g/mol. The van der Waals surface area contributed by atoms with Crippen LogP contribution in [0.4, 0.5) is 24.5 Å². The zero-order valence-corrected chi connectivity index (χ0v) is 14.1. The van der Waals surface area contributed by atoms with E-state index < -0.39 is 41.1 Å². The van der Waals surface area contributed by atoms with E-state index in [1.165, 1.54) is 0 Å². The second-order valence-corrected chi connectivity index (χ2v) is 5.66. The van der Waals surface area contributed by atoms with E-state index in [0.717, 1.165) is 12.1 Å². The first-order valence-corrected chi connectivity index (χ1v) is 7.52. The molecule has 2 amide bonds. The Morgan fingerprint density at radius 1 is 1.35 bits per heavy atom. The second kappa shape index (κ2) is 7.29. The number of aliphatic hydroxyl groups excluding tert-OH is 1. The molecule has 1 aromatic rings. The number of β-amino-alcohol motifs (C(OH)–C–C–N with tert-alkyl or cyclic N) is 1. The molecule has 2 N–H and O–H groups in total. The summed E-state index contributed by atoms with van der Waals surface area (Å²) in [6.07, 6.45) is -4.20. The lowest BCUT2D eigenvalue weighted by atomic mass is 10.2. The van der Waals surface area contributed by atoms with Crippen molar-refractivity contribution in [3.63, 3.8) is 0 Å². The number of anilines is 1. The van der Waals surface area contributed by atoms with E-state index in [0.29, 0.717) is 11.0 Å². The molecule has 0 aliphatic carbocycles. The van der Waals surface area contributed by atoms with Crippen LogP contribution < -0.4 is 10.1 Å². The molecule has 0 fully saturated rings. The molecule has 1 aromatic carbocycles. The summed E-state index contributed by atoms with van der Waals surface area (Å²) in [5, 5.41) is 22.4. The highest BCUT2D eigenvalue weighted by molar-refractivity contribution is 9.10. The van der Waals surface area contributed by atoms with Gasteiger partial charge in [0.05, 0.1) is 28.6 Å².